The van der Waals surface area contributed by atoms with E-state index in [2.05, 4.69) is 11.2 Å². The molecular weight excluding hydrogens is 270 g/mol. The summed E-state index contributed by atoms with van der Waals surface area (Å²) in [5.74, 6) is 0. The Morgan fingerprint density at radius 1 is 1.50 bits per heavy atom. The van der Waals surface area contributed by atoms with Gasteiger partial charge in [-0.2, -0.15) is 5.10 Å². The Morgan fingerprint density at radius 2 is 2.33 bits per heavy atom. The van der Waals surface area contributed by atoms with E-state index >= 15 is 0 Å². The van der Waals surface area contributed by atoms with Gasteiger partial charge < -0.3 is 10.5 Å². The van der Waals surface area contributed by atoms with Gasteiger partial charge in [0.1, 0.15) is 0 Å². The second kappa shape index (κ2) is 5.30. The summed E-state index contributed by atoms with van der Waals surface area (Å²) >= 11 is 1.73. The van der Waals surface area contributed by atoms with Crippen LogP contribution in [0.5, 0.6) is 5.06 Å². The molecule has 3 rings (SSSR count). The van der Waals surface area contributed by atoms with Crippen LogP contribution in [0.1, 0.15) is 10.4 Å². The van der Waals surface area contributed by atoms with Gasteiger partial charge >= 0.3 is 0 Å². The Labute approximate surface area is 116 Å². The van der Waals surface area contributed by atoms with Gasteiger partial charge in [0.05, 0.1) is 25.5 Å². The predicted molar refractivity (Wildman–Crippen MR) is 75.8 cm³/mol. The van der Waals surface area contributed by atoms with Crippen LogP contribution >= 0.6 is 23.7 Å². The lowest BCUT2D eigenvalue weighted by molar-refractivity contribution is 0.427. The number of fused-ring (bicyclic) bond motifs is 3. The molecular formula is C12H16ClN3OS. The van der Waals surface area contributed by atoms with E-state index < -0.39 is 0 Å². The lowest BCUT2D eigenvalue weighted by Crippen LogP contribution is -2.13. The molecule has 1 aliphatic carbocycles. The van der Waals surface area contributed by atoms with Crippen LogP contribution in [0.2, 0.25) is 0 Å². The lowest BCUT2D eigenvalue weighted by Gasteiger charge is -2.14. The first-order chi connectivity index (χ1) is 8.33. The van der Waals surface area contributed by atoms with Crippen molar-refractivity contribution in [3.63, 3.8) is 0 Å². The summed E-state index contributed by atoms with van der Waals surface area (Å²) in [5.41, 5.74) is 9.46. The van der Waals surface area contributed by atoms with Gasteiger partial charge in [-0.1, -0.05) is 0 Å². The summed E-state index contributed by atoms with van der Waals surface area (Å²) in [5, 5.41) is 5.40. The third-order valence-electron chi connectivity index (χ3n) is 3.12. The Morgan fingerprint density at radius 3 is 3.06 bits per heavy atom. The molecule has 2 N–H and O–H groups in total. The van der Waals surface area contributed by atoms with E-state index in [0.717, 1.165) is 24.4 Å². The molecule has 0 atom stereocenters. The van der Waals surface area contributed by atoms with Gasteiger partial charge in [-0.25, -0.2) is 0 Å². The van der Waals surface area contributed by atoms with E-state index in [1.54, 1.807) is 18.4 Å². The second-order valence-corrected chi connectivity index (χ2v) is 5.24. The van der Waals surface area contributed by atoms with Crippen LogP contribution in [0.3, 0.4) is 0 Å². The highest BCUT2D eigenvalue weighted by atomic mass is 35.5. The summed E-state index contributed by atoms with van der Waals surface area (Å²) in [6.45, 7) is 1.39. The molecule has 0 spiro atoms. The number of aryl methyl sites for hydroxylation is 2. The van der Waals surface area contributed by atoms with Crippen LogP contribution in [0.25, 0.3) is 11.3 Å². The number of halogens is 1. The number of rotatable bonds is 3. The zero-order valence-electron chi connectivity index (χ0n) is 10.2. The summed E-state index contributed by atoms with van der Waals surface area (Å²) in [4.78, 5) is 1.40. The molecule has 2 aromatic heterocycles. The number of hydrogen-bond donors (Lipinski definition) is 1. The maximum absolute atomic E-state index is 5.62. The molecule has 0 radical (unpaired) electrons. The number of ether oxygens (including phenoxy) is 1. The van der Waals surface area contributed by atoms with E-state index in [0.29, 0.717) is 6.54 Å². The molecule has 18 heavy (non-hydrogen) atoms. The van der Waals surface area contributed by atoms with Gasteiger partial charge in [0.2, 0.25) is 0 Å². The van der Waals surface area contributed by atoms with Gasteiger partial charge in [0.25, 0.3) is 0 Å². The molecule has 0 aromatic carbocycles. The fraction of sp³-hybridized carbons (Fsp3) is 0.417. The normalized spacial score (nSPS) is 12.6. The molecule has 6 heteroatoms. The van der Waals surface area contributed by atoms with Crippen molar-refractivity contribution in [1.29, 1.82) is 0 Å². The Bertz CT molecular complexity index is 550. The zero-order valence-corrected chi connectivity index (χ0v) is 11.8. The van der Waals surface area contributed by atoms with Gasteiger partial charge in [-0.05, 0) is 18.4 Å². The fourth-order valence-electron chi connectivity index (χ4n) is 2.35. The van der Waals surface area contributed by atoms with Crippen molar-refractivity contribution in [2.75, 3.05) is 13.7 Å². The van der Waals surface area contributed by atoms with E-state index in [-0.39, 0.29) is 12.4 Å². The minimum absolute atomic E-state index is 0. The van der Waals surface area contributed by atoms with E-state index in [4.69, 9.17) is 10.5 Å². The Kier molecular flexibility index (Phi) is 3.94. The van der Waals surface area contributed by atoms with Crippen LogP contribution in [0, 0.1) is 0 Å². The number of nitrogens with two attached hydrogens (primary N) is 1. The van der Waals surface area contributed by atoms with Gasteiger partial charge in [-0.15, -0.1) is 23.7 Å². The molecule has 0 amide bonds. The highest BCUT2D eigenvalue weighted by molar-refractivity contribution is 7.14. The molecule has 0 unspecified atom stereocenters. The molecule has 0 saturated heterocycles. The Balaban J connectivity index is 0.00000120. The van der Waals surface area contributed by atoms with E-state index in [9.17, 15) is 0 Å². The molecule has 4 nitrogen and oxygen atoms in total. The van der Waals surface area contributed by atoms with Crippen molar-refractivity contribution in [3.05, 3.63) is 22.7 Å². The van der Waals surface area contributed by atoms with Crippen molar-refractivity contribution in [1.82, 2.24) is 9.78 Å². The topological polar surface area (TPSA) is 53.1 Å². The van der Waals surface area contributed by atoms with Crippen LogP contribution in [-0.4, -0.2) is 23.4 Å². The van der Waals surface area contributed by atoms with Gasteiger partial charge in [0, 0.05) is 23.1 Å². The summed E-state index contributed by atoms with van der Waals surface area (Å²) in [6.07, 6.45) is 4.12. The third-order valence-corrected chi connectivity index (χ3v) is 4.28. The summed E-state index contributed by atoms with van der Waals surface area (Å²) < 4.78 is 7.34. The maximum Gasteiger partial charge on any atom is 0.174 e. The van der Waals surface area contributed by atoms with Crippen molar-refractivity contribution in [2.24, 2.45) is 5.73 Å². The molecule has 0 aliphatic heterocycles. The third kappa shape index (κ3) is 2.02. The average molecular weight is 286 g/mol. The smallest absolute Gasteiger partial charge is 0.174 e. The first-order valence-electron chi connectivity index (χ1n) is 5.75. The zero-order chi connectivity index (χ0) is 11.8. The quantitative estimate of drug-likeness (QED) is 0.940. The molecule has 0 saturated carbocycles. The number of aromatic nitrogens is 2. The van der Waals surface area contributed by atoms with E-state index in [1.807, 2.05) is 10.9 Å². The monoisotopic (exact) mass is 285 g/mol. The largest absolute Gasteiger partial charge is 0.487 e. The highest BCUT2D eigenvalue weighted by Crippen LogP contribution is 2.41. The van der Waals surface area contributed by atoms with E-state index in [1.165, 1.54) is 21.7 Å². The molecule has 2 heterocycles. The average Bonchev–Trinajstić information content (AvgIpc) is 2.92. The number of hydrogen-bond acceptors (Lipinski definition) is 4. The number of thiophene rings is 1. The highest BCUT2D eigenvalue weighted by Gasteiger charge is 2.23. The fourth-order valence-corrected chi connectivity index (χ4v) is 3.32. The van der Waals surface area contributed by atoms with Crippen molar-refractivity contribution >= 4 is 23.7 Å². The SMILES string of the molecule is COc1cc2c(s1)CCc1cnn(CCN)c1-2.Cl. The van der Waals surface area contributed by atoms with Gasteiger partial charge in [0.15, 0.2) is 5.06 Å². The maximum atomic E-state index is 5.62. The second-order valence-electron chi connectivity index (χ2n) is 4.14. The van der Waals surface area contributed by atoms with Crippen LogP contribution < -0.4 is 10.5 Å². The molecule has 0 bridgehead atoms. The minimum Gasteiger partial charge on any atom is -0.487 e. The van der Waals surface area contributed by atoms with Crippen molar-refractivity contribution < 1.29 is 4.74 Å². The molecule has 2 aromatic rings. The van der Waals surface area contributed by atoms with Crippen LogP contribution in [-0.2, 0) is 19.4 Å². The van der Waals surface area contributed by atoms with Crippen LogP contribution in [0.15, 0.2) is 12.3 Å². The first-order valence-corrected chi connectivity index (χ1v) is 6.57. The lowest BCUT2D eigenvalue weighted by atomic mass is 9.97. The van der Waals surface area contributed by atoms with Crippen molar-refractivity contribution in [2.45, 2.75) is 19.4 Å². The molecule has 1 aliphatic rings. The molecule has 98 valence electrons. The van der Waals surface area contributed by atoms with Gasteiger partial charge in [-0.3, -0.25) is 4.68 Å². The minimum atomic E-state index is 0. The standard InChI is InChI=1S/C12H15N3OS.ClH/c1-16-11-6-9-10(17-11)3-2-8-7-14-15(5-4-13)12(8)9;/h6-7H,2-5,13H2,1H3;1H. The number of methoxy groups -OCH3 is 1. The predicted octanol–water partition coefficient (Wildman–Crippen LogP) is 2.10. The Hall–Kier alpha value is -1.04. The number of nitrogens with zero attached hydrogens (tertiary/aromatic N) is 2. The summed E-state index contributed by atoms with van der Waals surface area (Å²) in [6, 6.07) is 2.12. The summed E-state index contributed by atoms with van der Waals surface area (Å²) in [7, 11) is 1.72. The first kappa shape index (κ1) is 13.4. The molecule has 0 fully saturated rings. The van der Waals surface area contributed by atoms with Crippen LogP contribution in [0.4, 0.5) is 0 Å². The van der Waals surface area contributed by atoms with Crippen molar-refractivity contribution in [3.8, 4) is 16.3 Å².